The van der Waals surface area contributed by atoms with Crippen LogP contribution < -0.4 is 5.32 Å². The number of fused-ring (bicyclic) bond motifs is 1. The summed E-state index contributed by atoms with van der Waals surface area (Å²) in [6.45, 7) is 0.610. The molecule has 1 heterocycles. The highest BCUT2D eigenvalue weighted by atomic mass is 35.5. The van der Waals surface area contributed by atoms with Crippen molar-refractivity contribution in [2.75, 3.05) is 5.32 Å². The molecule has 0 spiro atoms. The molecule has 3 rings (SSSR count). The fraction of sp³-hybridized carbons (Fsp3) is 0.0667. The van der Waals surface area contributed by atoms with E-state index >= 15 is 0 Å². The molecule has 3 aromatic rings. The van der Waals surface area contributed by atoms with Crippen LogP contribution in [0.1, 0.15) is 5.56 Å². The van der Waals surface area contributed by atoms with Crippen molar-refractivity contribution in [1.82, 2.24) is 4.98 Å². The molecule has 0 saturated heterocycles. The number of rotatable bonds is 3. The highest BCUT2D eigenvalue weighted by molar-refractivity contribution is 6.44. The minimum absolute atomic E-state index is 0.439. The molecule has 2 N–H and O–H groups in total. The molecule has 0 saturated carbocycles. The van der Waals surface area contributed by atoms with Crippen LogP contribution in [-0.2, 0) is 6.54 Å². The Labute approximate surface area is 142 Å². The zero-order chi connectivity index (χ0) is 15.0. The molecular formula is C15H10Cl4N2. The van der Waals surface area contributed by atoms with Gasteiger partial charge in [-0.15, -0.1) is 0 Å². The van der Waals surface area contributed by atoms with Crippen LogP contribution in [-0.4, -0.2) is 4.98 Å². The molecule has 2 aromatic carbocycles. The lowest BCUT2D eigenvalue weighted by molar-refractivity contribution is 1.16. The molecule has 0 bridgehead atoms. The average molecular weight is 360 g/mol. The third-order valence-corrected chi connectivity index (χ3v) is 4.48. The summed E-state index contributed by atoms with van der Waals surface area (Å²) in [5.74, 6) is 0. The second kappa shape index (κ2) is 5.98. The van der Waals surface area contributed by atoms with Crippen molar-refractivity contribution >= 4 is 63.0 Å². The molecule has 0 aliphatic carbocycles. The maximum atomic E-state index is 6.15. The number of hydrogen-bond acceptors (Lipinski definition) is 1. The predicted molar refractivity (Wildman–Crippen MR) is 92.1 cm³/mol. The number of anilines is 1. The first kappa shape index (κ1) is 14.9. The molecule has 1 aromatic heterocycles. The summed E-state index contributed by atoms with van der Waals surface area (Å²) in [4.78, 5) is 3.20. The Kier molecular flexibility index (Phi) is 4.23. The SMILES string of the molecule is Clc1ccc2c(CNc3cc(Cl)c(Cl)cc3Cl)c[nH]c2c1. The van der Waals surface area contributed by atoms with Crippen LogP contribution in [0.2, 0.25) is 20.1 Å². The number of halogens is 4. The molecule has 0 radical (unpaired) electrons. The van der Waals surface area contributed by atoms with Crippen LogP contribution >= 0.6 is 46.4 Å². The van der Waals surface area contributed by atoms with Crippen molar-refractivity contribution in [2.45, 2.75) is 6.54 Å². The number of nitrogens with one attached hydrogen (secondary N) is 2. The minimum atomic E-state index is 0.439. The summed E-state index contributed by atoms with van der Waals surface area (Å²) in [7, 11) is 0. The first-order valence-corrected chi connectivity index (χ1v) is 7.69. The van der Waals surface area contributed by atoms with Gasteiger partial charge in [-0.05, 0) is 29.8 Å². The second-order valence-electron chi connectivity index (χ2n) is 4.60. The number of aromatic amines is 1. The van der Waals surface area contributed by atoms with Crippen LogP contribution in [0.4, 0.5) is 5.69 Å². The van der Waals surface area contributed by atoms with E-state index in [1.807, 2.05) is 24.4 Å². The number of aromatic nitrogens is 1. The molecule has 0 fully saturated rings. The first-order valence-electron chi connectivity index (χ1n) is 6.18. The molecular weight excluding hydrogens is 350 g/mol. The van der Waals surface area contributed by atoms with Crippen LogP contribution in [0.3, 0.4) is 0 Å². The van der Waals surface area contributed by atoms with Gasteiger partial charge in [0, 0.05) is 28.7 Å². The Morgan fingerprint density at radius 3 is 2.48 bits per heavy atom. The maximum absolute atomic E-state index is 6.15. The third kappa shape index (κ3) is 3.09. The van der Waals surface area contributed by atoms with Gasteiger partial charge in [0.1, 0.15) is 0 Å². The van der Waals surface area contributed by atoms with E-state index in [1.165, 1.54) is 0 Å². The van der Waals surface area contributed by atoms with Crippen LogP contribution in [0.15, 0.2) is 36.5 Å². The number of benzene rings is 2. The largest absolute Gasteiger partial charge is 0.380 e. The molecule has 0 aliphatic heterocycles. The van der Waals surface area contributed by atoms with Crippen molar-refractivity contribution in [3.05, 3.63) is 62.2 Å². The van der Waals surface area contributed by atoms with Gasteiger partial charge in [-0.2, -0.15) is 0 Å². The van der Waals surface area contributed by atoms with Crippen molar-refractivity contribution in [3.63, 3.8) is 0 Å². The third-order valence-electron chi connectivity index (χ3n) is 3.21. The topological polar surface area (TPSA) is 27.8 Å². The molecule has 0 unspecified atom stereocenters. The van der Waals surface area contributed by atoms with E-state index < -0.39 is 0 Å². The van der Waals surface area contributed by atoms with Crippen molar-refractivity contribution in [2.24, 2.45) is 0 Å². The lowest BCUT2D eigenvalue weighted by atomic mass is 10.1. The summed E-state index contributed by atoms with van der Waals surface area (Å²) < 4.78 is 0. The van der Waals surface area contributed by atoms with Gasteiger partial charge in [0.2, 0.25) is 0 Å². The quantitative estimate of drug-likeness (QED) is 0.520. The monoisotopic (exact) mass is 358 g/mol. The van der Waals surface area contributed by atoms with E-state index in [2.05, 4.69) is 10.3 Å². The van der Waals surface area contributed by atoms with E-state index in [-0.39, 0.29) is 0 Å². The minimum Gasteiger partial charge on any atom is -0.380 e. The predicted octanol–water partition coefficient (Wildman–Crippen LogP) is 6.39. The Balaban J connectivity index is 1.85. The van der Waals surface area contributed by atoms with E-state index in [4.69, 9.17) is 46.4 Å². The molecule has 0 amide bonds. The Morgan fingerprint density at radius 1 is 0.905 bits per heavy atom. The Bertz CT molecular complexity index is 811. The lowest BCUT2D eigenvalue weighted by Crippen LogP contribution is -1.99. The zero-order valence-electron chi connectivity index (χ0n) is 10.7. The van der Waals surface area contributed by atoms with E-state index in [9.17, 15) is 0 Å². The summed E-state index contributed by atoms with van der Waals surface area (Å²) in [5.41, 5.74) is 2.86. The van der Waals surface area contributed by atoms with Crippen molar-refractivity contribution in [3.8, 4) is 0 Å². The lowest BCUT2D eigenvalue weighted by Gasteiger charge is -2.09. The van der Waals surface area contributed by atoms with Gasteiger partial charge in [0.05, 0.1) is 20.8 Å². The number of H-pyrrole nitrogens is 1. The molecule has 2 nitrogen and oxygen atoms in total. The normalized spacial score (nSPS) is 11.0. The Morgan fingerprint density at radius 2 is 1.67 bits per heavy atom. The van der Waals surface area contributed by atoms with Crippen LogP contribution in [0.25, 0.3) is 10.9 Å². The molecule has 0 aliphatic rings. The van der Waals surface area contributed by atoms with Crippen LogP contribution in [0.5, 0.6) is 0 Å². The summed E-state index contributed by atoms with van der Waals surface area (Å²) >= 11 is 24.0. The first-order chi connectivity index (χ1) is 10.0. The van der Waals surface area contributed by atoms with Gasteiger partial charge in [-0.3, -0.25) is 0 Å². The highest BCUT2D eigenvalue weighted by Gasteiger charge is 2.08. The second-order valence-corrected chi connectivity index (χ2v) is 6.26. The fourth-order valence-electron chi connectivity index (χ4n) is 2.15. The van der Waals surface area contributed by atoms with Gasteiger partial charge >= 0.3 is 0 Å². The molecule has 108 valence electrons. The van der Waals surface area contributed by atoms with E-state index in [1.54, 1.807) is 12.1 Å². The van der Waals surface area contributed by atoms with Gasteiger partial charge in [0.15, 0.2) is 0 Å². The smallest absolute Gasteiger partial charge is 0.0653 e. The van der Waals surface area contributed by atoms with Gasteiger partial charge in [0.25, 0.3) is 0 Å². The summed E-state index contributed by atoms with van der Waals surface area (Å²) in [5, 5.41) is 6.52. The molecule has 0 atom stereocenters. The zero-order valence-corrected chi connectivity index (χ0v) is 13.7. The van der Waals surface area contributed by atoms with Gasteiger partial charge in [-0.1, -0.05) is 52.5 Å². The van der Waals surface area contributed by atoms with E-state index in [0.717, 1.165) is 22.2 Å². The highest BCUT2D eigenvalue weighted by Crippen LogP contribution is 2.33. The maximum Gasteiger partial charge on any atom is 0.0653 e. The Hall–Kier alpha value is -1.06. The molecule has 6 heteroatoms. The molecule has 21 heavy (non-hydrogen) atoms. The van der Waals surface area contributed by atoms with Crippen LogP contribution in [0, 0.1) is 0 Å². The summed E-state index contributed by atoms with van der Waals surface area (Å²) in [6, 6.07) is 9.10. The van der Waals surface area contributed by atoms with E-state index in [0.29, 0.717) is 26.6 Å². The van der Waals surface area contributed by atoms with Gasteiger partial charge in [-0.25, -0.2) is 0 Å². The standard InChI is InChI=1S/C15H10Cl4N2/c16-9-1-2-10-8(6-20-14(10)3-9)7-21-15-5-12(18)11(17)4-13(15)19/h1-6,20-21H,7H2. The fourth-order valence-corrected chi connectivity index (χ4v) is 2.94. The number of hydrogen-bond donors (Lipinski definition) is 2. The van der Waals surface area contributed by atoms with Crippen molar-refractivity contribution < 1.29 is 0 Å². The average Bonchev–Trinajstić information content (AvgIpc) is 2.83. The van der Waals surface area contributed by atoms with Crippen molar-refractivity contribution in [1.29, 1.82) is 0 Å². The van der Waals surface area contributed by atoms with Gasteiger partial charge < -0.3 is 10.3 Å². The summed E-state index contributed by atoms with van der Waals surface area (Å²) in [6.07, 6.45) is 1.94.